The summed E-state index contributed by atoms with van der Waals surface area (Å²) in [6, 6.07) is 0. The van der Waals surface area contributed by atoms with Gasteiger partial charge in [-0.3, -0.25) is 0 Å². The number of hydrogen-bond donors (Lipinski definition) is 2. The summed E-state index contributed by atoms with van der Waals surface area (Å²) in [6.45, 7) is 0. The van der Waals surface area contributed by atoms with Gasteiger partial charge in [0, 0.05) is 0 Å². The Bertz CT molecular complexity index is 222. The molecule has 74 valence electrons. The fourth-order valence-corrected chi connectivity index (χ4v) is 2.51. The largest absolute Gasteiger partial charge is 0.393 e. The number of fused-ring (bicyclic) bond motifs is 1. The summed E-state index contributed by atoms with van der Waals surface area (Å²) < 4.78 is 0. The minimum atomic E-state index is -0.560. The smallest absolute Gasteiger partial charge is 0.0857 e. The quantitative estimate of drug-likeness (QED) is 0.560. The molecular weight excluding hydrogens is 164 g/mol. The highest BCUT2D eigenvalue weighted by molar-refractivity contribution is 5.20. The van der Waals surface area contributed by atoms with Gasteiger partial charge in [-0.15, -0.1) is 0 Å². The predicted octanol–water partition coefficient (Wildman–Crippen LogP) is 1.76. The Labute approximate surface area is 79.3 Å². The fraction of sp³-hybridized carbons (Fsp3) is 0.818. The Morgan fingerprint density at radius 2 is 2.15 bits per heavy atom. The molecule has 0 aromatic carbocycles. The van der Waals surface area contributed by atoms with Crippen LogP contribution in [-0.4, -0.2) is 21.9 Å². The Morgan fingerprint density at radius 1 is 1.31 bits per heavy atom. The summed E-state index contributed by atoms with van der Waals surface area (Å²) >= 11 is 0. The molecule has 1 fully saturated rings. The average Bonchev–Trinajstić information content (AvgIpc) is 2.27. The van der Waals surface area contributed by atoms with E-state index in [0.29, 0.717) is 0 Å². The molecule has 0 amide bonds. The molecule has 0 bridgehead atoms. The van der Waals surface area contributed by atoms with Crippen molar-refractivity contribution >= 4 is 0 Å². The maximum atomic E-state index is 10.3. The van der Waals surface area contributed by atoms with Crippen molar-refractivity contribution in [2.45, 2.75) is 56.7 Å². The van der Waals surface area contributed by atoms with E-state index >= 15 is 0 Å². The maximum absolute atomic E-state index is 10.3. The van der Waals surface area contributed by atoms with Gasteiger partial charge < -0.3 is 10.2 Å². The van der Waals surface area contributed by atoms with Crippen molar-refractivity contribution in [3.05, 3.63) is 11.6 Å². The van der Waals surface area contributed by atoms with Gasteiger partial charge in [-0.2, -0.15) is 0 Å². The van der Waals surface area contributed by atoms with Crippen molar-refractivity contribution in [2.75, 3.05) is 0 Å². The standard InChI is InChI=1S/C11H18O2/c12-10-5-4-9-3-1-2-7-11(9,13)8-6-10/h4,10,12-13H,1-3,5-8H2/t10?,11-/m1/s1. The summed E-state index contributed by atoms with van der Waals surface area (Å²) in [6.07, 6.45) is 8.32. The zero-order valence-electron chi connectivity index (χ0n) is 8.00. The third-order valence-corrected chi connectivity index (χ3v) is 3.41. The number of aliphatic hydroxyl groups is 2. The van der Waals surface area contributed by atoms with E-state index in [2.05, 4.69) is 6.08 Å². The molecular formula is C11H18O2. The summed E-state index contributed by atoms with van der Waals surface area (Å²) in [5.74, 6) is 0. The van der Waals surface area contributed by atoms with E-state index in [1.54, 1.807) is 0 Å². The van der Waals surface area contributed by atoms with Crippen LogP contribution >= 0.6 is 0 Å². The van der Waals surface area contributed by atoms with Crippen LogP contribution in [0.1, 0.15) is 44.9 Å². The van der Waals surface area contributed by atoms with E-state index in [-0.39, 0.29) is 6.10 Å². The molecule has 0 spiro atoms. The van der Waals surface area contributed by atoms with E-state index in [4.69, 9.17) is 0 Å². The van der Waals surface area contributed by atoms with Crippen LogP contribution < -0.4 is 0 Å². The van der Waals surface area contributed by atoms with E-state index in [9.17, 15) is 10.2 Å². The Kier molecular flexibility index (Phi) is 2.43. The van der Waals surface area contributed by atoms with E-state index in [1.165, 1.54) is 12.0 Å². The highest BCUT2D eigenvalue weighted by Gasteiger charge is 2.35. The lowest BCUT2D eigenvalue weighted by molar-refractivity contribution is 0.0326. The molecule has 1 saturated carbocycles. The molecule has 2 atom stereocenters. The molecule has 2 nitrogen and oxygen atoms in total. The van der Waals surface area contributed by atoms with Gasteiger partial charge in [-0.1, -0.05) is 6.08 Å². The van der Waals surface area contributed by atoms with Crippen LogP contribution in [0, 0.1) is 0 Å². The van der Waals surface area contributed by atoms with Crippen LogP contribution in [0.25, 0.3) is 0 Å². The molecule has 0 saturated heterocycles. The summed E-state index contributed by atoms with van der Waals surface area (Å²) in [5.41, 5.74) is 0.630. The highest BCUT2D eigenvalue weighted by atomic mass is 16.3. The van der Waals surface area contributed by atoms with Gasteiger partial charge in [0.2, 0.25) is 0 Å². The third kappa shape index (κ3) is 1.79. The minimum absolute atomic E-state index is 0.234. The van der Waals surface area contributed by atoms with Gasteiger partial charge in [0.25, 0.3) is 0 Å². The summed E-state index contributed by atoms with van der Waals surface area (Å²) in [4.78, 5) is 0. The minimum Gasteiger partial charge on any atom is -0.393 e. The molecule has 2 aliphatic rings. The first-order valence-corrected chi connectivity index (χ1v) is 5.31. The molecule has 0 aromatic heterocycles. The summed E-state index contributed by atoms with van der Waals surface area (Å²) in [7, 11) is 0. The van der Waals surface area contributed by atoms with Gasteiger partial charge >= 0.3 is 0 Å². The lowest BCUT2D eigenvalue weighted by Gasteiger charge is -2.34. The second kappa shape index (κ2) is 3.43. The number of aliphatic hydroxyl groups excluding tert-OH is 1. The SMILES string of the molecule is OC1CC=C2CCCC[C@@]2(O)CC1. The maximum Gasteiger partial charge on any atom is 0.0857 e. The molecule has 2 heteroatoms. The number of rotatable bonds is 0. The Balaban J connectivity index is 2.18. The van der Waals surface area contributed by atoms with Crippen LogP contribution in [0.3, 0.4) is 0 Å². The first kappa shape index (κ1) is 9.22. The van der Waals surface area contributed by atoms with Gasteiger partial charge in [0.1, 0.15) is 0 Å². The molecule has 0 radical (unpaired) electrons. The average molecular weight is 182 g/mol. The zero-order chi connectivity index (χ0) is 9.31. The molecule has 2 N–H and O–H groups in total. The van der Waals surface area contributed by atoms with Gasteiger partial charge in [0.05, 0.1) is 11.7 Å². The highest BCUT2D eigenvalue weighted by Crippen LogP contribution is 2.39. The molecule has 13 heavy (non-hydrogen) atoms. The first-order valence-electron chi connectivity index (χ1n) is 5.31. The van der Waals surface area contributed by atoms with Gasteiger partial charge in [-0.05, 0) is 50.5 Å². The molecule has 2 aliphatic carbocycles. The van der Waals surface area contributed by atoms with Crippen molar-refractivity contribution in [2.24, 2.45) is 0 Å². The second-order valence-corrected chi connectivity index (χ2v) is 4.40. The zero-order valence-corrected chi connectivity index (χ0v) is 8.00. The molecule has 0 aliphatic heterocycles. The van der Waals surface area contributed by atoms with Gasteiger partial charge in [0.15, 0.2) is 0 Å². The van der Waals surface area contributed by atoms with Crippen molar-refractivity contribution < 1.29 is 10.2 Å². The number of hydrogen-bond acceptors (Lipinski definition) is 2. The molecule has 1 unspecified atom stereocenters. The molecule has 0 heterocycles. The van der Waals surface area contributed by atoms with Crippen LogP contribution in [0.2, 0.25) is 0 Å². The fourth-order valence-electron chi connectivity index (χ4n) is 2.51. The Morgan fingerprint density at radius 3 is 3.00 bits per heavy atom. The normalized spacial score (nSPS) is 40.5. The summed E-state index contributed by atoms with van der Waals surface area (Å²) in [5, 5.41) is 19.8. The monoisotopic (exact) mass is 182 g/mol. The van der Waals surface area contributed by atoms with Crippen LogP contribution in [0.15, 0.2) is 11.6 Å². The first-order chi connectivity index (χ1) is 6.21. The van der Waals surface area contributed by atoms with Crippen molar-refractivity contribution in [1.29, 1.82) is 0 Å². The topological polar surface area (TPSA) is 40.5 Å². The van der Waals surface area contributed by atoms with E-state index in [0.717, 1.165) is 38.5 Å². The lowest BCUT2D eigenvalue weighted by Crippen LogP contribution is -2.33. The molecule has 2 rings (SSSR count). The second-order valence-electron chi connectivity index (χ2n) is 4.40. The van der Waals surface area contributed by atoms with Crippen LogP contribution in [0.4, 0.5) is 0 Å². The molecule has 0 aromatic rings. The van der Waals surface area contributed by atoms with E-state index in [1.807, 2.05) is 0 Å². The predicted molar refractivity (Wildman–Crippen MR) is 51.4 cm³/mol. The lowest BCUT2D eigenvalue weighted by atomic mass is 9.78. The third-order valence-electron chi connectivity index (χ3n) is 3.41. The van der Waals surface area contributed by atoms with Crippen molar-refractivity contribution in [3.8, 4) is 0 Å². The van der Waals surface area contributed by atoms with Crippen molar-refractivity contribution in [3.63, 3.8) is 0 Å². The van der Waals surface area contributed by atoms with E-state index < -0.39 is 5.60 Å². The van der Waals surface area contributed by atoms with Crippen LogP contribution in [0.5, 0.6) is 0 Å². The van der Waals surface area contributed by atoms with Crippen molar-refractivity contribution in [1.82, 2.24) is 0 Å². The Hall–Kier alpha value is -0.340. The van der Waals surface area contributed by atoms with Gasteiger partial charge in [-0.25, -0.2) is 0 Å². The van der Waals surface area contributed by atoms with Crippen LogP contribution in [-0.2, 0) is 0 Å².